The first-order valence-electron chi connectivity index (χ1n) is 8.51. The fourth-order valence-corrected chi connectivity index (χ4v) is 3.75. The number of hydrogen-bond acceptors (Lipinski definition) is 4. The zero-order valence-corrected chi connectivity index (χ0v) is 15.8. The van der Waals surface area contributed by atoms with E-state index in [1.165, 1.54) is 0 Å². The fraction of sp³-hybridized carbons (Fsp3) is 0.474. The van der Waals surface area contributed by atoms with Crippen molar-refractivity contribution in [3.8, 4) is 0 Å². The molecular formula is C19H26N2O2S. The number of nitrogens with zero attached hydrogens (tertiary/aromatic N) is 2. The number of rotatable bonds is 8. The van der Waals surface area contributed by atoms with Crippen LogP contribution in [0.15, 0.2) is 33.7 Å². The molecular weight excluding hydrogens is 320 g/mol. The van der Waals surface area contributed by atoms with E-state index < -0.39 is 0 Å². The molecule has 2 aromatic rings. The van der Waals surface area contributed by atoms with Crippen molar-refractivity contribution in [2.75, 3.05) is 13.1 Å². The minimum Gasteiger partial charge on any atom is -0.361 e. The molecule has 1 aromatic carbocycles. The lowest BCUT2D eigenvalue weighted by atomic mass is 10.2. The van der Waals surface area contributed by atoms with Crippen LogP contribution in [0.2, 0.25) is 0 Å². The summed E-state index contributed by atoms with van der Waals surface area (Å²) in [7, 11) is 0. The molecule has 0 spiro atoms. The van der Waals surface area contributed by atoms with Crippen molar-refractivity contribution in [2.24, 2.45) is 0 Å². The lowest BCUT2D eigenvalue weighted by molar-refractivity contribution is 0.0759. The number of thioether (sulfide) groups is 1. The number of carbonyl (C=O) groups excluding carboxylic acids is 1. The molecule has 0 saturated carbocycles. The van der Waals surface area contributed by atoms with Crippen LogP contribution in [-0.4, -0.2) is 29.1 Å². The average molecular weight is 346 g/mol. The lowest BCUT2D eigenvalue weighted by Crippen LogP contribution is -2.32. The summed E-state index contributed by atoms with van der Waals surface area (Å²) in [6.45, 7) is 9.61. The van der Waals surface area contributed by atoms with Gasteiger partial charge in [0.25, 0.3) is 5.91 Å². The first-order chi connectivity index (χ1) is 11.6. The molecule has 0 saturated heterocycles. The van der Waals surface area contributed by atoms with E-state index in [9.17, 15) is 4.79 Å². The highest BCUT2D eigenvalue weighted by atomic mass is 32.2. The summed E-state index contributed by atoms with van der Waals surface area (Å²) in [4.78, 5) is 15.8. The van der Waals surface area contributed by atoms with E-state index in [2.05, 4.69) is 12.1 Å². The zero-order valence-electron chi connectivity index (χ0n) is 15.0. The van der Waals surface area contributed by atoms with Crippen LogP contribution in [0.5, 0.6) is 0 Å². The van der Waals surface area contributed by atoms with Crippen LogP contribution in [-0.2, 0) is 5.75 Å². The van der Waals surface area contributed by atoms with E-state index in [1.807, 2.05) is 49.9 Å². The summed E-state index contributed by atoms with van der Waals surface area (Å²) >= 11 is 1.67. The van der Waals surface area contributed by atoms with Crippen molar-refractivity contribution in [1.29, 1.82) is 0 Å². The number of hydrogen-bond donors (Lipinski definition) is 0. The lowest BCUT2D eigenvalue weighted by Gasteiger charge is -2.22. The Bertz CT molecular complexity index is 662. The average Bonchev–Trinajstić information content (AvgIpc) is 2.92. The SMILES string of the molecule is CCCCN(CC)C(=O)c1ccccc1SCc1c(C)noc1C. The molecule has 1 aromatic heterocycles. The highest BCUT2D eigenvalue weighted by Gasteiger charge is 2.18. The van der Waals surface area contributed by atoms with Gasteiger partial charge < -0.3 is 9.42 Å². The topological polar surface area (TPSA) is 46.3 Å². The Morgan fingerprint density at radius 3 is 2.62 bits per heavy atom. The van der Waals surface area contributed by atoms with Gasteiger partial charge in [-0.2, -0.15) is 0 Å². The quantitative estimate of drug-likeness (QED) is 0.641. The number of aryl methyl sites for hydroxylation is 2. The maximum atomic E-state index is 12.9. The number of unbranched alkanes of at least 4 members (excludes halogenated alkanes) is 1. The Labute approximate surface area is 148 Å². The molecule has 0 atom stereocenters. The molecule has 0 unspecified atom stereocenters. The Morgan fingerprint density at radius 2 is 2.00 bits per heavy atom. The van der Waals surface area contributed by atoms with E-state index >= 15 is 0 Å². The first-order valence-corrected chi connectivity index (χ1v) is 9.49. The second-order valence-electron chi connectivity index (χ2n) is 5.83. The predicted molar refractivity (Wildman–Crippen MR) is 98.5 cm³/mol. The van der Waals surface area contributed by atoms with E-state index in [1.54, 1.807) is 11.8 Å². The standard InChI is InChI=1S/C19H26N2O2S/c1-5-7-12-21(6-2)19(22)16-10-8-9-11-18(16)24-13-17-14(3)20-23-15(17)4/h8-11H,5-7,12-13H2,1-4H3. The predicted octanol–water partition coefficient (Wildman–Crippen LogP) is 4.85. The number of carbonyl (C=O) groups is 1. The second-order valence-corrected chi connectivity index (χ2v) is 6.84. The van der Waals surface area contributed by atoms with Gasteiger partial charge in [-0.15, -0.1) is 11.8 Å². The van der Waals surface area contributed by atoms with Gasteiger partial charge in [0.2, 0.25) is 0 Å². The Hall–Kier alpha value is -1.75. The molecule has 0 fully saturated rings. The van der Waals surface area contributed by atoms with Crippen LogP contribution in [0.3, 0.4) is 0 Å². The molecule has 0 aliphatic carbocycles. The minimum atomic E-state index is 0.118. The van der Waals surface area contributed by atoms with Crippen LogP contribution in [0, 0.1) is 13.8 Å². The third-order valence-electron chi connectivity index (χ3n) is 4.12. The van der Waals surface area contributed by atoms with E-state index in [4.69, 9.17) is 4.52 Å². The highest BCUT2D eigenvalue weighted by Crippen LogP contribution is 2.29. The van der Waals surface area contributed by atoms with Crippen molar-refractivity contribution in [3.63, 3.8) is 0 Å². The summed E-state index contributed by atoms with van der Waals surface area (Å²) in [5, 5.41) is 4.00. The van der Waals surface area contributed by atoms with Gasteiger partial charge >= 0.3 is 0 Å². The molecule has 130 valence electrons. The maximum Gasteiger partial charge on any atom is 0.254 e. The van der Waals surface area contributed by atoms with Crippen molar-refractivity contribution in [3.05, 3.63) is 46.8 Å². The van der Waals surface area contributed by atoms with E-state index in [0.717, 1.165) is 59.2 Å². The maximum absolute atomic E-state index is 12.9. The van der Waals surface area contributed by atoms with Gasteiger partial charge in [-0.05, 0) is 39.3 Å². The van der Waals surface area contributed by atoms with Gasteiger partial charge in [-0.1, -0.05) is 30.6 Å². The molecule has 5 heteroatoms. The van der Waals surface area contributed by atoms with E-state index in [0.29, 0.717) is 0 Å². The first kappa shape index (κ1) is 18.6. The summed E-state index contributed by atoms with van der Waals surface area (Å²) in [5.74, 6) is 1.72. The van der Waals surface area contributed by atoms with Crippen LogP contribution in [0.4, 0.5) is 0 Å². The molecule has 0 aliphatic heterocycles. The third kappa shape index (κ3) is 4.41. The summed E-state index contributed by atoms with van der Waals surface area (Å²) < 4.78 is 5.22. The monoisotopic (exact) mass is 346 g/mol. The molecule has 0 aliphatic rings. The normalized spacial score (nSPS) is 10.8. The van der Waals surface area contributed by atoms with Gasteiger partial charge in [0.1, 0.15) is 5.76 Å². The second kappa shape index (κ2) is 8.92. The molecule has 0 radical (unpaired) electrons. The van der Waals surface area contributed by atoms with Crippen LogP contribution >= 0.6 is 11.8 Å². The van der Waals surface area contributed by atoms with Crippen molar-refractivity contribution in [1.82, 2.24) is 10.1 Å². The zero-order chi connectivity index (χ0) is 17.5. The Morgan fingerprint density at radius 1 is 1.25 bits per heavy atom. The molecule has 0 bridgehead atoms. The fourth-order valence-electron chi connectivity index (χ4n) is 2.55. The largest absolute Gasteiger partial charge is 0.361 e. The van der Waals surface area contributed by atoms with Gasteiger partial charge in [0.15, 0.2) is 0 Å². The summed E-state index contributed by atoms with van der Waals surface area (Å²) in [6.07, 6.45) is 2.13. The molecule has 0 N–H and O–H groups in total. The van der Waals surface area contributed by atoms with Crippen LogP contribution in [0.25, 0.3) is 0 Å². The van der Waals surface area contributed by atoms with E-state index in [-0.39, 0.29) is 5.91 Å². The molecule has 4 nitrogen and oxygen atoms in total. The summed E-state index contributed by atoms with van der Waals surface area (Å²) in [5.41, 5.74) is 2.81. The molecule has 24 heavy (non-hydrogen) atoms. The Kier molecular flexibility index (Phi) is 6.91. The smallest absolute Gasteiger partial charge is 0.254 e. The Balaban J connectivity index is 2.16. The molecule has 1 heterocycles. The number of benzene rings is 1. The highest BCUT2D eigenvalue weighted by molar-refractivity contribution is 7.98. The van der Waals surface area contributed by atoms with Gasteiger partial charge in [0, 0.05) is 29.3 Å². The molecule has 1 amide bonds. The van der Waals surface area contributed by atoms with Crippen molar-refractivity contribution < 1.29 is 9.32 Å². The van der Waals surface area contributed by atoms with Crippen LogP contribution in [0.1, 0.15) is 54.1 Å². The number of aromatic nitrogens is 1. The van der Waals surface area contributed by atoms with Gasteiger partial charge in [0.05, 0.1) is 11.3 Å². The minimum absolute atomic E-state index is 0.118. The number of amides is 1. The van der Waals surface area contributed by atoms with Crippen molar-refractivity contribution >= 4 is 17.7 Å². The third-order valence-corrected chi connectivity index (χ3v) is 5.22. The van der Waals surface area contributed by atoms with Gasteiger partial charge in [-0.3, -0.25) is 4.79 Å². The summed E-state index contributed by atoms with van der Waals surface area (Å²) in [6, 6.07) is 7.85. The van der Waals surface area contributed by atoms with Crippen LogP contribution < -0.4 is 0 Å². The van der Waals surface area contributed by atoms with Crippen molar-refractivity contribution in [2.45, 2.75) is 51.2 Å². The van der Waals surface area contributed by atoms with Gasteiger partial charge in [-0.25, -0.2) is 0 Å². The molecule has 2 rings (SSSR count).